The third-order valence-corrected chi connectivity index (χ3v) is 4.86. The highest BCUT2D eigenvalue weighted by molar-refractivity contribution is 6.35. The van der Waals surface area contributed by atoms with Gasteiger partial charge in [-0.3, -0.25) is 9.59 Å². The number of benzene rings is 1. The third kappa shape index (κ3) is 3.66. The summed E-state index contributed by atoms with van der Waals surface area (Å²) in [5.41, 5.74) is 2.82. The molecule has 1 unspecified atom stereocenters. The van der Waals surface area contributed by atoms with Gasteiger partial charge in [-0.2, -0.15) is 0 Å². The molecule has 1 aromatic carbocycles. The number of hydrogen-bond acceptors (Lipinski definition) is 2. The van der Waals surface area contributed by atoms with Gasteiger partial charge in [-0.05, 0) is 35.1 Å². The molecule has 1 aliphatic rings. The number of hydrogen-bond donors (Lipinski definition) is 2. The summed E-state index contributed by atoms with van der Waals surface area (Å²) in [7, 11) is 0. The van der Waals surface area contributed by atoms with Crippen molar-refractivity contribution >= 4 is 34.4 Å². The van der Waals surface area contributed by atoms with Gasteiger partial charge in [0.05, 0.1) is 22.9 Å². The number of aromatic amines is 1. The lowest BCUT2D eigenvalue weighted by molar-refractivity contribution is -0.145. The molecule has 0 fully saturated rings. The van der Waals surface area contributed by atoms with Crippen LogP contribution >= 0.6 is 11.6 Å². The molecule has 0 saturated carbocycles. The van der Waals surface area contributed by atoms with Gasteiger partial charge in [-0.1, -0.05) is 32.4 Å². The van der Waals surface area contributed by atoms with Crippen LogP contribution in [0.15, 0.2) is 18.3 Å². The maximum absolute atomic E-state index is 13.0. The number of fused-ring (bicyclic) bond motifs is 3. The van der Waals surface area contributed by atoms with E-state index in [2.05, 4.69) is 25.8 Å². The highest BCUT2D eigenvalue weighted by atomic mass is 35.5. The summed E-state index contributed by atoms with van der Waals surface area (Å²) < 4.78 is 0. The number of nitrogens with one attached hydrogen (secondary N) is 1. The van der Waals surface area contributed by atoms with E-state index in [0.29, 0.717) is 24.5 Å². The second-order valence-electron chi connectivity index (χ2n) is 8.02. The quantitative estimate of drug-likeness (QED) is 0.871. The largest absolute Gasteiger partial charge is 0.481 e. The van der Waals surface area contributed by atoms with E-state index in [0.717, 1.165) is 22.0 Å². The van der Waals surface area contributed by atoms with Gasteiger partial charge >= 0.3 is 5.97 Å². The van der Waals surface area contributed by atoms with Crippen LogP contribution in [0, 0.1) is 11.3 Å². The average molecular weight is 363 g/mol. The van der Waals surface area contributed by atoms with Gasteiger partial charge in [-0.15, -0.1) is 0 Å². The van der Waals surface area contributed by atoms with Crippen molar-refractivity contribution < 1.29 is 14.7 Å². The monoisotopic (exact) mass is 362 g/mol. The van der Waals surface area contributed by atoms with Crippen LogP contribution < -0.4 is 0 Å². The topological polar surface area (TPSA) is 73.4 Å². The molecule has 1 amide bonds. The van der Waals surface area contributed by atoms with Crippen LogP contribution in [0.25, 0.3) is 10.9 Å². The van der Waals surface area contributed by atoms with Gasteiger partial charge in [0.25, 0.3) is 0 Å². The summed E-state index contributed by atoms with van der Waals surface area (Å²) in [4.78, 5) is 29.2. The van der Waals surface area contributed by atoms with Crippen LogP contribution in [0.5, 0.6) is 0 Å². The van der Waals surface area contributed by atoms with Gasteiger partial charge in [-0.25, -0.2) is 0 Å². The van der Waals surface area contributed by atoms with E-state index in [1.807, 2.05) is 18.3 Å². The van der Waals surface area contributed by atoms with E-state index < -0.39 is 11.9 Å². The van der Waals surface area contributed by atoms with E-state index in [9.17, 15) is 14.7 Å². The minimum Gasteiger partial charge on any atom is -0.481 e. The molecule has 0 spiro atoms. The van der Waals surface area contributed by atoms with Crippen molar-refractivity contribution in [2.24, 2.45) is 11.3 Å². The number of aromatic nitrogens is 1. The standard InChI is InChI=1S/C19H23ClN2O3/c1-19(2,3)10-22-9-14-11(6-12(18(22)25)8-16(23)24)7-15(20)17-13(14)4-5-21-17/h4-5,7,12,21H,6,8-10H2,1-3H3,(H,23,24). The SMILES string of the molecule is CC(C)(C)CN1Cc2c(cc(Cl)c3[nH]ccc23)CC(CC(=O)O)C1=O. The summed E-state index contributed by atoms with van der Waals surface area (Å²) in [5.74, 6) is -1.60. The molecule has 2 aromatic rings. The smallest absolute Gasteiger partial charge is 0.304 e. The molecule has 25 heavy (non-hydrogen) atoms. The number of amides is 1. The number of aliphatic carboxylic acids is 1. The van der Waals surface area contributed by atoms with Crippen molar-refractivity contribution in [3.63, 3.8) is 0 Å². The zero-order chi connectivity index (χ0) is 18.4. The minimum absolute atomic E-state index is 0.0718. The van der Waals surface area contributed by atoms with E-state index in [4.69, 9.17) is 11.6 Å². The molecule has 2 N–H and O–H groups in total. The molecule has 0 radical (unpaired) electrons. The van der Waals surface area contributed by atoms with Crippen LogP contribution in [0.1, 0.15) is 38.3 Å². The molecule has 6 heteroatoms. The first-order chi connectivity index (χ1) is 11.7. The molecule has 0 aliphatic carbocycles. The Morgan fingerprint density at radius 2 is 2.16 bits per heavy atom. The molecule has 134 valence electrons. The molecular weight excluding hydrogens is 340 g/mol. The Labute approximate surface area is 152 Å². The summed E-state index contributed by atoms with van der Waals surface area (Å²) in [6.45, 7) is 7.28. The first-order valence-electron chi connectivity index (χ1n) is 8.43. The predicted octanol–water partition coefficient (Wildman–Crippen LogP) is 3.84. The fourth-order valence-electron chi connectivity index (χ4n) is 3.63. The van der Waals surface area contributed by atoms with E-state index in [-0.39, 0.29) is 17.7 Å². The Morgan fingerprint density at radius 1 is 1.44 bits per heavy atom. The molecule has 1 aliphatic heterocycles. The molecule has 5 nitrogen and oxygen atoms in total. The van der Waals surface area contributed by atoms with Gasteiger partial charge in [0.15, 0.2) is 0 Å². The summed E-state index contributed by atoms with van der Waals surface area (Å²) in [6.07, 6.45) is 2.08. The predicted molar refractivity (Wildman–Crippen MR) is 97.6 cm³/mol. The zero-order valence-electron chi connectivity index (χ0n) is 14.7. The summed E-state index contributed by atoms with van der Waals surface area (Å²) >= 11 is 6.38. The van der Waals surface area contributed by atoms with Crippen molar-refractivity contribution in [1.82, 2.24) is 9.88 Å². The van der Waals surface area contributed by atoms with Crippen LogP contribution in [0.2, 0.25) is 5.02 Å². The van der Waals surface area contributed by atoms with Crippen molar-refractivity contribution in [3.8, 4) is 0 Å². The lowest BCUT2D eigenvalue weighted by atomic mass is 9.92. The Bertz CT molecular complexity index is 835. The van der Waals surface area contributed by atoms with Crippen LogP contribution in [0.3, 0.4) is 0 Å². The number of carbonyl (C=O) groups is 2. The van der Waals surface area contributed by atoms with Crippen molar-refractivity contribution in [1.29, 1.82) is 0 Å². The maximum atomic E-state index is 13.0. The van der Waals surface area contributed by atoms with Gasteiger partial charge in [0.2, 0.25) is 5.91 Å². The molecule has 0 bridgehead atoms. The summed E-state index contributed by atoms with van der Waals surface area (Å²) in [5, 5.41) is 10.8. The summed E-state index contributed by atoms with van der Waals surface area (Å²) in [6, 6.07) is 3.84. The minimum atomic E-state index is -0.952. The van der Waals surface area contributed by atoms with Gasteiger partial charge in [0, 0.05) is 24.7 Å². The van der Waals surface area contributed by atoms with Crippen molar-refractivity contribution in [2.75, 3.05) is 6.54 Å². The number of H-pyrrole nitrogens is 1. The maximum Gasteiger partial charge on any atom is 0.304 e. The Balaban J connectivity index is 2.11. The first-order valence-corrected chi connectivity index (χ1v) is 8.81. The first kappa shape index (κ1) is 17.8. The number of halogens is 1. The Morgan fingerprint density at radius 3 is 2.80 bits per heavy atom. The fraction of sp³-hybridized carbons (Fsp3) is 0.474. The van der Waals surface area contributed by atoms with Gasteiger partial charge in [0.1, 0.15) is 0 Å². The zero-order valence-corrected chi connectivity index (χ0v) is 15.5. The molecule has 1 aromatic heterocycles. The van der Waals surface area contributed by atoms with E-state index >= 15 is 0 Å². The molecular formula is C19H23ClN2O3. The van der Waals surface area contributed by atoms with Crippen LogP contribution in [-0.2, 0) is 22.6 Å². The second kappa shape index (κ2) is 6.37. The molecule has 1 atom stereocenters. The highest BCUT2D eigenvalue weighted by Gasteiger charge is 2.34. The van der Waals surface area contributed by atoms with E-state index in [1.165, 1.54) is 0 Å². The number of nitrogens with zero attached hydrogens (tertiary/aromatic N) is 1. The average Bonchev–Trinajstić information content (AvgIpc) is 2.93. The molecule has 0 saturated heterocycles. The Hall–Kier alpha value is -2.01. The third-order valence-electron chi connectivity index (χ3n) is 4.56. The normalized spacial score (nSPS) is 18.3. The molecule has 3 rings (SSSR count). The van der Waals surface area contributed by atoms with Crippen LogP contribution in [-0.4, -0.2) is 33.4 Å². The highest BCUT2D eigenvalue weighted by Crippen LogP contribution is 2.35. The van der Waals surface area contributed by atoms with Crippen molar-refractivity contribution in [3.05, 3.63) is 34.5 Å². The molecule has 2 heterocycles. The lowest BCUT2D eigenvalue weighted by Gasteiger charge is -2.31. The van der Waals surface area contributed by atoms with E-state index in [1.54, 1.807) is 4.90 Å². The Kier molecular flexibility index (Phi) is 4.54. The number of carbonyl (C=O) groups excluding carboxylic acids is 1. The number of carboxylic acids is 1. The van der Waals surface area contributed by atoms with Crippen LogP contribution in [0.4, 0.5) is 0 Å². The number of carboxylic acid groups (broad SMARTS) is 1. The lowest BCUT2D eigenvalue weighted by Crippen LogP contribution is -2.40. The second-order valence-corrected chi connectivity index (χ2v) is 8.42. The fourth-order valence-corrected chi connectivity index (χ4v) is 3.92. The number of rotatable bonds is 3. The van der Waals surface area contributed by atoms with Crippen molar-refractivity contribution in [2.45, 2.75) is 40.2 Å². The van der Waals surface area contributed by atoms with Gasteiger partial charge < -0.3 is 15.0 Å².